The molecule has 0 heterocycles. The summed E-state index contributed by atoms with van der Waals surface area (Å²) in [7, 11) is 0. The maximum atomic E-state index is 12.1. The first-order valence-electron chi connectivity index (χ1n) is 11.7. The van der Waals surface area contributed by atoms with Crippen LogP contribution in [-0.4, -0.2) is 55.5 Å². The van der Waals surface area contributed by atoms with E-state index in [2.05, 4.69) is 55.5 Å². The normalized spacial score (nSPS) is 12.3. The lowest BCUT2D eigenvalue weighted by atomic mass is 10.1. The average Bonchev–Trinajstić information content (AvgIpc) is 2.75. The van der Waals surface area contributed by atoms with E-state index < -0.39 is 0 Å². The Morgan fingerprint density at radius 1 is 1.03 bits per heavy atom. The van der Waals surface area contributed by atoms with Crippen molar-refractivity contribution in [2.45, 2.75) is 72.9 Å². The molecule has 0 aliphatic carbocycles. The number of benzene rings is 1. The highest BCUT2D eigenvalue weighted by molar-refractivity contribution is 14.0. The number of hydrogen-bond acceptors (Lipinski definition) is 3. The van der Waals surface area contributed by atoms with E-state index in [1.54, 1.807) is 0 Å². The number of nitrogens with zero attached hydrogens (tertiary/aromatic N) is 2. The zero-order chi connectivity index (χ0) is 22.2. The number of nitrogens with one attached hydrogen (secondary N) is 3. The van der Waals surface area contributed by atoms with Crippen LogP contribution in [0.25, 0.3) is 0 Å². The molecule has 0 saturated carbocycles. The van der Waals surface area contributed by atoms with E-state index in [4.69, 9.17) is 4.99 Å². The summed E-state index contributed by atoms with van der Waals surface area (Å²) in [6.07, 6.45) is 4.38. The van der Waals surface area contributed by atoms with Gasteiger partial charge in [0, 0.05) is 24.7 Å². The molecule has 178 valence electrons. The van der Waals surface area contributed by atoms with Gasteiger partial charge in [0.25, 0.3) is 5.91 Å². The van der Waals surface area contributed by atoms with Gasteiger partial charge >= 0.3 is 0 Å². The largest absolute Gasteiger partial charge is 0.357 e. The van der Waals surface area contributed by atoms with E-state index in [0.717, 1.165) is 63.5 Å². The maximum Gasteiger partial charge on any atom is 0.251 e. The van der Waals surface area contributed by atoms with Crippen LogP contribution in [0.2, 0.25) is 0 Å². The van der Waals surface area contributed by atoms with Crippen molar-refractivity contribution in [3.8, 4) is 0 Å². The Morgan fingerprint density at radius 2 is 1.71 bits per heavy atom. The van der Waals surface area contributed by atoms with Crippen LogP contribution < -0.4 is 16.0 Å². The van der Waals surface area contributed by atoms with Gasteiger partial charge in [-0.2, -0.15) is 0 Å². The molecule has 0 aromatic heterocycles. The molecule has 1 aromatic carbocycles. The van der Waals surface area contributed by atoms with Crippen molar-refractivity contribution in [3.05, 3.63) is 35.4 Å². The minimum absolute atomic E-state index is 0. The van der Waals surface area contributed by atoms with E-state index in [1.165, 1.54) is 6.42 Å². The van der Waals surface area contributed by atoms with E-state index >= 15 is 0 Å². The third kappa shape index (κ3) is 12.9. The van der Waals surface area contributed by atoms with Crippen molar-refractivity contribution in [1.29, 1.82) is 0 Å². The zero-order valence-electron chi connectivity index (χ0n) is 20.2. The number of rotatable bonds is 14. The Balaban J connectivity index is 0.00000900. The molecule has 1 aromatic rings. The van der Waals surface area contributed by atoms with Crippen molar-refractivity contribution in [3.63, 3.8) is 0 Å². The lowest BCUT2D eigenvalue weighted by Crippen LogP contribution is -2.42. The molecule has 0 spiro atoms. The molecule has 1 rings (SSSR count). The highest BCUT2D eigenvalue weighted by Gasteiger charge is 2.07. The van der Waals surface area contributed by atoms with Crippen LogP contribution >= 0.6 is 24.0 Å². The van der Waals surface area contributed by atoms with Crippen molar-refractivity contribution in [2.24, 2.45) is 4.99 Å². The first-order valence-corrected chi connectivity index (χ1v) is 11.7. The highest BCUT2D eigenvalue weighted by Crippen LogP contribution is 2.06. The topological polar surface area (TPSA) is 68.8 Å². The zero-order valence-corrected chi connectivity index (χ0v) is 22.5. The number of guanidine groups is 1. The quantitative estimate of drug-likeness (QED) is 0.140. The molecule has 6 nitrogen and oxygen atoms in total. The number of hydrogen-bond donors (Lipinski definition) is 3. The number of aliphatic imine (C=N–C) groups is 1. The summed E-state index contributed by atoms with van der Waals surface area (Å²) in [6, 6.07) is 8.09. The van der Waals surface area contributed by atoms with Crippen molar-refractivity contribution in [1.82, 2.24) is 20.9 Å². The van der Waals surface area contributed by atoms with Crippen LogP contribution in [0.4, 0.5) is 0 Å². The van der Waals surface area contributed by atoms with E-state index in [1.807, 2.05) is 24.3 Å². The number of halogens is 1. The molecule has 1 atom stereocenters. The minimum Gasteiger partial charge on any atom is -0.357 e. The van der Waals surface area contributed by atoms with Crippen molar-refractivity contribution < 1.29 is 4.79 Å². The van der Waals surface area contributed by atoms with Gasteiger partial charge in [-0.15, -0.1) is 24.0 Å². The summed E-state index contributed by atoms with van der Waals surface area (Å²) >= 11 is 0. The predicted molar refractivity (Wildman–Crippen MR) is 144 cm³/mol. The minimum atomic E-state index is -0.00737. The molecule has 1 unspecified atom stereocenters. The van der Waals surface area contributed by atoms with Gasteiger partial charge in [0.2, 0.25) is 0 Å². The maximum absolute atomic E-state index is 12.1. The standard InChI is InChI=1S/C24H43N5O.HI/c1-6-10-17-26-23(30)22-15-13-21(14-16-22)19-27-24(25-7-2)28-20(5)12-11-18-29(8-3)9-4;/h13-16,20H,6-12,17-19H2,1-5H3,(H,26,30)(H2,25,27,28);1H. The average molecular weight is 546 g/mol. The number of carbonyl (C=O) groups is 1. The number of amides is 1. The second kappa shape index (κ2) is 18.2. The lowest BCUT2D eigenvalue weighted by molar-refractivity contribution is 0.0953. The summed E-state index contributed by atoms with van der Waals surface area (Å²) in [5, 5.41) is 9.79. The second-order valence-corrected chi connectivity index (χ2v) is 7.72. The number of unbranched alkanes of at least 4 members (excludes halogenated alkanes) is 1. The Morgan fingerprint density at radius 3 is 2.29 bits per heavy atom. The SMILES string of the molecule is CCCCNC(=O)c1ccc(CN=C(NCC)NC(C)CCCN(CC)CC)cc1.I. The third-order valence-electron chi connectivity index (χ3n) is 5.19. The summed E-state index contributed by atoms with van der Waals surface area (Å²) in [5.74, 6) is 0.835. The molecule has 0 aliphatic heterocycles. The predicted octanol–water partition coefficient (Wildman–Crippen LogP) is 4.40. The molecular weight excluding hydrogens is 501 g/mol. The van der Waals surface area contributed by atoms with Crippen LogP contribution in [0.3, 0.4) is 0 Å². The molecule has 0 radical (unpaired) electrons. The monoisotopic (exact) mass is 545 g/mol. The Labute approximate surface area is 207 Å². The van der Waals surface area contributed by atoms with Crippen LogP contribution in [0.15, 0.2) is 29.3 Å². The Bertz CT molecular complexity index is 617. The van der Waals surface area contributed by atoms with Gasteiger partial charge in [0.05, 0.1) is 6.54 Å². The van der Waals surface area contributed by atoms with Gasteiger partial charge in [-0.25, -0.2) is 4.99 Å². The molecule has 3 N–H and O–H groups in total. The highest BCUT2D eigenvalue weighted by atomic mass is 127. The van der Waals surface area contributed by atoms with Gasteiger partial charge < -0.3 is 20.9 Å². The third-order valence-corrected chi connectivity index (χ3v) is 5.19. The van der Waals surface area contributed by atoms with E-state index in [9.17, 15) is 4.79 Å². The van der Waals surface area contributed by atoms with Crippen molar-refractivity contribution >= 4 is 35.8 Å². The van der Waals surface area contributed by atoms with Crippen LogP contribution in [0, 0.1) is 0 Å². The molecule has 7 heteroatoms. The molecule has 0 bridgehead atoms. The van der Waals surface area contributed by atoms with E-state index in [-0.39, 0.29) is 29.9 Å². The first-order chi connectivity index (χ1) is 14.5. The number of carbonyl (C=O) groups excluding carboxylic acids is 1. The fourth-order valence-corrected chi connectivity index (χ4v) is 3.20. The molecular formula is C24H44IN5O. The molecule has 0 fully saturated rings. The molecule has 0 aliphatic rings. The summed E-state index contributed by atoms with van der Waals surface area (Å²) < 4.78 is 0. The van der Waals surface area contributed by atoms with Gasteiger partial charge in [-0.05, 0) is 70.4 Å². The molecule has 31 heavy (non-hydrogen) atoms. The fraction of sp³-hybridized carbons (Fsp3) is 0.667. The van der Waals surface area contributed by atoms with Crippen LogP contribution in [-0.2, 0) is 6.54 Å². The molecule has 1 amide bonds. The smallest absolute Gasteiger partial charge is 0.251 e. The van der Waals surface area contributed by atoms with Gasteiger partial charge in [0.1, 0.15) is 0 Å². The van der Waals surface area contributed by atoms with Gasteiger partial charge in [-0.1, -0.05) is 39.3 Å². The summed E-state index contributed by atoms with van der Waals surface area (Å²) in [5.41, 5.74) is 1.79. The Hall–Kier alpha value is -1.35. The van der Waals surface area contributed by atoms with Crippen LogP contribution in [0.5, 0.6) is 0 Å². The fourth-order valence-electron chi connectivity index (χ4n) is 3.20. The van der Waals surface area contributed by atoms with Crippen LogP contribution in [0.1, 0.15) is 76.2 Å². The Kier molecular flexibility index (Phi) is 17.4. The summed E-state index contributed by atoms with van der Waals surface area (Å²) in [4.78, 5) is 19.3. The van der Waals surface area contributed by atoms with E-state index in [0.29, 0.717) is 18.2 Å². The first kappa shape index (κ1) is 29.7. The second-order valence-electron chi connectivity index (χ2n) is 7.72. The summed E-state index contributed by atoms with van der Waals surface area (Å²) in [6.45, 7) is 16.3. The van der Waals surface area contributed by atoms with Gasteiger partial charge in [0.15, 0.2) is 5.96 Å². The van der Waals surface area contributed by atoms with Gasteiger partial charge in [-0.3, -0.25) is 4.79 Å². The lowest BCUT2D eigenvalue weighted by Gasteiger charge is -2.21. The molecule has 0 saturated heterocycles. The van der Waals surface area contributed by atoms with Crippen molar-refractivity contribution in [2.75, 3.05) is 32.7 Å².